The summed E-state index contributed by atoms with van der Waals surface area (Å²) in [6.07, 6.45) is -2.72. The van der Waals surface area contributed by atoms with Crippen molar-refractivity contribution in [3.8, 4) is 0 Å². The molecule has 0 unspecified atom stereocenters. The van der Waals surface area contributed by atoms with E-state index in [9.17, 15) is 29.7 Å². The van der Waals surface area contributed by atoms with E-state index < -0.39 is 36.4 Å². The topological polar surface area (TPSA) is 141 Å². The summed E-state index contributed by atoms with van der Waals surface area (Å²) in [6.45, 7) is 0. The number of rotatable bonds is 5. The summed E-state index contributed by atoms with van der Waals surface area (Å²) < 4.78 is 0. The Morgan fingerprint density at radius 2 is 1.20 bits per heavy atom. The monoisotopic (exact) mass is 299 g/mol. The predicted molar refractivity (Wildman–Crippen MR) is 29.2 cm³/mol. The summed E-state index contributed by atoms with van der Waals surface area (Å²) in [6, 6.07) is 0. The molecule has 0 aliphatic rings. The van der Waals surface area contributed by atoms with Crippen molar-refractivity contribution in [2.24, 2.45) is 0 Å². The number of carboxylic acid groups (broad SMARTS) is 3. The smallest absolute Gasteiger partial charge is 0.550 e. The molecule has 7 nitrogen and oxygen atoms in total. The number of carbonyl (C=O) groups is 3. The zero-order chi connectivity index (χ0) is 10.6. The molecule has 0 atom stereocenters. The van der Waals surface area contributed by atoms with Crippen LogP contribution in [0.25, 0.3) is 0 Å². The molecule has 0 rings (SSSR count). The van der Waals surface area contributed by atoms with Crippen LogP contribution in [0.4, 0.5) is 0 Å². The third-order valence-electron chi connectivity index (χ3n) is 1.25. The van der Waals surface area contributed by atoms with E-state index >= 15 is 0 Å². The minimum atomic E-state index is -2.97. The summed E-state index contributed by atoms with van der Waals surface area (Å²) in [5, 5.41) is 38.9. The molecule has 0 saturated carbocycles. The predicted octanol–water partition coefficient (Wildman–Crippen LogP) is -5.26. The van der Waals surface area contributed by atoms with E-state index in [1.807, 2.05) is 0 Å². The molecule has 0 heterocycles. The van der Waals surface area contributed by atoms with Gasteiger partial charge in [-0.2, -0.15) is 0 Å². The molecule has 0 aliphatic carbocycles. The van der Waals surface area contributed by atoms with Crippen LogP contribution in [-0.2, 0) is 48.5 Å². The van der Waals surface area contributed by atoms with Gasteiger partial charge >= 0.3 is 34.1 Å². The normalized spacial score (nSPS) is 9.40. The number of hydrogen-bond donors (Lipinski definition) is 1. The number of carboxylic acids is 3. The minimum Gasteiger partial charge on any atom is -0.550 e. The quantitative estimate of drug-likeness (QED) is 0.500. The van der Waals surface area contributed by atoms with Gasteiger partial charge in [0.25, 0.3) is 0 Å². The Morgan fingerprint density at radius 3 is 1.33 bits per heavy atom. The summed E-state index contributed by atoms with van der Waals surface area (Å²) >= 11 is 0. The van der Waals surface area contributed by atoms with Gasteiger partial charge in [0, 0.05) is 24.8 Å². The van der Waals surface area contributed by atoms with Crippen LogP contribution < -0.4 is 15.3 Å². The minimum absolute atomic E-state index is 0. The number of aliphatic hydroxyl groups is 1. The molecule has 0 amide bonds. The van der Waals surface area contributed by atoms with Gasteiger partial charge in [0.1, 0.15) is 5.60 Å². The van der Waals surface area contributed by atoms with Gasteiger partial charge in [-0.25, -0.2) is 0 Å². The summed E-state index contributed by atoms with van der Waals surface area (Å²) in [4.78, 5) is 30.0. The van der Waals surface area contributed by atoms with Gasteiger partial charge in [0.15, 0.2) is 0 Å². The second-order valence-electron chi connectivity index (χ2n) is 2.42. The van der Waals surface area contributed by atoms with Crippen LogP contribution in [0.1, 0.15) is 12.8 Å². The van der Waals surface area contributed by atoms with Crippen LogP contribution in [0.3, 0.4) is 0 Å². The maximum absolute atomic E-state index is 10.1. The molecule has 0 aromatic rings. The summed E-state index contributed by atoms with van der Waals surface area (Å²) in [7, 11) is 0. The van der Waals surface area contributed by atoms with Crippen molar-refractivity contribution in [3.05, 3.63) is 0 Å². The maximum atomic E-state index is 10.1. The van der Waals surface area contributed by atoms with Gasteiger partial charge in [-0.15, -0.1) is 0 Å². The Kier molecular flexibility index (Phi) is 10.2. The molecule has 1 N–H and O–H groups in total. The molecule has 0 spiro atoms. The number of carbonyl (C=O) groups excluding carboxylic acids is 3. The van der Waals surface area contributed by atoms with Crippen molar-refractivity contribution < 1.29 is 68.9 Å². The van der Waals surface area contributed by atoms with Crippen LogP contribution in [-0.4, -0.2) is 28.6 Å². The Labute approximate surface area is 105 Å². The third-order valence-corrected chi connectivity index (χ3v) is 1.25. The van der Waals surface area contributed by atoms with Crippen molar-refractivity contribution in [3.63, 3.8) is 0 Å². The van der Waals surface area contributed by atoms with E-state index in [4.69, 9.17) is 5.11 Å². The van der Waals surface area contributed by atoms with E-state index in [-0.39, 0.29) is 34.1 Å². The average molecular weight is 299 g/mol. The molecule has 84 valence electrons. The maximum Gasteiger partial charge on any atom is 2.00 e. The first-order valence-corrected chi connectivity index (χ1v) is 3.11. The Bertz CT molecular complexity index is 236. The summed E-state index contributed by atoms with van der Waals surface area (Å²) in [5.41, 5.74) is -2.97. The number of aliphatic carboxylic acids is 3. The van der Waals surface area contributed by atoms with Crippen molar-refractivity contribution in [2.45, 2.75) is 18.4 Å². The van der Waals surface area contributed by atoms with E-state index in [0.717, 1.165) is 0 Å². The van der Waals surface area contributed by atoms with Crippen LogP contribution in [0.15, 0.2) is 0 Å². The zero-order valence-electron chi connectivity index (χ0n) is 7.07. The first-order valence-electron chi connectivity index (χ1n) is 3.11. The van der Waals surface area contributed by atoms with Gasteiger partial charge in [0.05, 0.1) is 5.97 Å². The molecule has 0 saturated heterocycles. The largest absolute Gasteiger partial charge is 2.00 e. The standard InChI is InChI=1S/C6H8O7.2Mn/c7-3(8)1-6(13,5(11)12)2-4(9)10;;/h13H,1-2H2,(H,7,8)(H,9,10)(H,11,12);;/q;2*+2/p-3. The first kappa shape index (κ1) is 19.9. The molecule has 0 bridgehead atoms. The SMILES string of the molecule is O=C([O-])CC(O)(CC(=O)[O-])C(=O)[O-].[Mn+2].[Mn+2]. The van der Waals surface area contributed by atoms with Crippen LogP contribution >= 0.6 is 0 Å². The molecule has 0 fully saturated rings. The molecular formula is C6H5Mn2O7+. The molecule has 0 aliphatic heterocycles. The van der Waals surface area contributed by atoms with E-state index in [0.29, 0.717) is 0 Å². The molecule has 15 heavy (non-hydrogen) atoms. The van der Waals surface area contributed by atoms with E-state index in [2.05, 4.69) is 0 Å². The molecule has 0 aromatic carbocycles. The van der Waals surface area contributed by atoms with Crippen molar-refractivity contribution in [1.82, 2.24) is 0 Å². The Hall–Kier alpha value is -0.591. The fourth-order valence-electron chi connectivity index (χ4n) is 0.684. The van der Waals surface area contributed by atoms with E-state index in [1.165, 1.54) is 0 Å². The van der Waals surface area contributed by atoms with Crippen LogP contribution in [0.5, 0.6) is 0 Å². The fraction of sp³-hybridized carbons (Fsp3) is 0.500. The Balaban J connectivity index is -0.000000720. The van der Waals surface area contributed by atoms with Crippen LogP contribution in [0.2, 0.25) is 0 Å². The van der Waals surface area contributed by atoms with Crippen molar-refractivity contribution in [2.75, 3.05) is 0 Å². The number of hydrogen-bond acceptors (Lipinski definition) is 7. The molecule has 9 heteroatoms. The average Bonchev–Trinajstić information content (AvgIpc) is 1.82. The third kappa shape index (κ3) is 7.35. The van der Waals surface area contributed by atoms with Gasteiger partial charge in [0.2, 0.25) is 0 Å². The zero-order valence-corrected chi connectivity index (χ0v) is 9.43. The van der Waals surface area contributed by atoms with Crippen LogP contribution in [0, 0.1) is 0 Å². The van der Waals surface area contributed by atoms with Crippen molar-refractivity contribution >= 4 is 17.9 Å². The van der Waals surface area contributed by atoms with Crippen molar-refractivity contribution in [1.29, 1.82) is 0 Å². The second kappa shape index (κ2) is 7.67. The summed E-state index contributed by atoms with van der Waals surface area (Å²) in [5.74, 6) is -5.98. The van der Waals surface area contributed by atoms with Gasteiger partial charge in [-0.1, -0.05) is 0 Å². The molecule has 2 radical (unpaired) electrons. The first-order chi connectivity index (χ1) is 5.78. The second-order valence-corrected chi connectivity index (χ2v) is 2.42. The van der Waals surface area contributed by atoms with Gasteiger partial charge < -0.3 is 34.8 Å². The van der Waals surface area contributed by atoms with Gasteiger partial charge in [-0.05, 0) is 0 Å². The fourth-order valence-corrected chi connectivity index (χ4v) is 0.684. The Morgan fingerprint density at radius 1 is 0.933 bits per heavy atom. The molecular weight excluding hydrogens is 294 g/mol. The van der Waals surface area contributed by atoms with E-state index in [1.54, 1.807) is 0 Å². The van der Waals surface area contributed by atoms with Gasteiger partial charge in [-0.3, -0.25) is 0 Å². The molecule has 0 aromatic heterocycles.